The molecule has 1 atom stereocenters. The fourth-order valence-corrected chi connectivity index (χ4v) is 2.50. The number of rotatable bonds is 5. The number of piperidine rings is 1. The van der Waals surface area contributed by atoms with Crippen molar-refractivity contribution in [1.82, 2.24) is 5.32 Å². The number of nitrogens with one attached hydrogen (secondary N) is 1. The minimum absolute atomic E-state index is 0.0787. The van der Waals surface area contributed by atoms with Gasteiger partial charge in [0.05, 0.1) is 17.7 Å². The van der Waals surface area contributed by atoms with Crippen molar-refractivity contribution in [1.29, 1.82) is 0 Å². The van der Waals surface area contributed by atoms with Crippen LogP contribution < -0.4 is 14.8 Å². The average molecular weight is 300 g/mol. The van der Waals surface area contributed by atoms with Crippen LogP contribution in [-0.2, 0) is 0 Å². The van der Waals surface area contributed by atoms with Crippen molar-refractivity contribution in [3.05, 3.63) is 22.7 Å². The number of carbonyl (C=O) groups is 1. The molecule has 1 heterocycles. The van der Waals surface area contributed by atoms with Crippen LogP contribution >= 0.6 is 11.6 Å². The van der Waals surface area contributed by atoms with Gasteiger partial charge in [0.25, 0.3) is 0 Å². The third kappa shape index (κ3) is 3.55. The molecule has 1 unspecified atom stereocenters. The van der Waals surface area contributed by atoms with Crippen LogP contribution in [0.5, 0.6) is 11.5 Å². The molecule has 1 aliphatic rings. The molecule has 0 radical (unpaired) electrons. The number of aromatic carboxylic acids is 1. The van der Waals surface area contributed by atoms with Crippen molar-refractivity contribution in [3.63, 3.8) is 0 Å². The Morgan fingerprint density at radius 1 is 1.50 bits per heavy atom. The summed E-state index contributed by atoms with van der Waals surface area (Å²) < 4.78 is 10.9. The highest BCUT2D eigenvalue weighted by Crippen LogP contribution is 2.36. The summed E-state index contributed by atoms with van der Waals surface area (Å²) in [5.41, 5.74) is 0.0787. The van der Waals surface area contributed by atoms with Gasteiger partial charge in [-0.1, -0.05) is 18.0 Å². The number of hydrogen-bond acceptors (Lipinski definition) is 4. The smallest absolute Gasteiger partial charge is 0.335 e. The molecule has 110 valence electrons. The van der Waals surface area contributed by atoms with Crippen molar-refractivity contribution in [2.45, 2.75) is 25.3 Å². The topological polar surface area (TPSA) is 67.8 Å². The molecule has 1 fully saturated rings. The maximum absolute atomic E-state index is 11.0. The van der Waals surface area contributed by atoms with Gasteiger partial charge in [0, 0.05) is 6.04 Å². The molecule has 0 aliphatic carbocycles. The van der Waals surface area contributed by atoms with Gasteiger partial charge in [-0.15, -0.1) is 0 Å². The maximum atomic E-state index is 11.0. The van der Waals surface area contributed by atoms with Crippen LogP contribution in [0.1, 0.15) is 29.6 Å². The standard InChI is InChI=1S/C14H18ClNO4/c1-19-12-7-9(14(17)18)6-11(15)13(12)20-8-10-4-2-3-5-16-10/h6-7,10,16H,2-5,8H2,1H3,(H,17,18). The first kappa shape index (κ1) is 14.9. The van der Waals surface area contributed by atoms with Crippen LogP contribution in [-0.4, -0.2) is 37.4 Å². The summed E-state index contributed by atoms with van der Waals surface area (Å²) in [6, 6.07) is 3.08. The number of halogens is 1. The lowest BCUT2D eigenvalue weighted by Gasteiger charge is -2.24. The molecule has 6 heteroatoms. The molecule has 1 saturated heterocycles. The summed E-state index contributed by atoms with van der Waals surface area (Å²) in [6.45, 7) is 1.49. The Labute approximate surface area is 122 Å². The summed E-state index contributed by atoms with van der Waals surface area (Å²) in [5.74, 6) is -0.317. The summed E-state index contributed by atoms with van der Waals surface area (Å²) in [7, 11) is 1.46. The van der Waals surface area contributed by atoms with Crippen molar-refractivity contribution in [2.24, 2.45) is 0 Å². The highest BCUT2D eigenvalue weighted by molar-refractivity contribution is 6.32. The predicted octanol–water partition coefficient (Wildman–Crippen LogP) is 2.57. The normalized spacial score (nSPS) is 18.6. The molecule has 20 heavy (non-hydrogen) atoms. The van der Waals surface area contributed by atoms with E-state index in [1.165, 1.54) is 32.1 Å². The van der Waals surface area contributed by atoms with E-state index in [-0.39, 0.29) is 10.6 Å². The van der Waals surface area contributed by atoms with Gasteiger partial charge < -0.3 is 19.9 Å². The highest BCUT2D eigenvalue weighted by atomic mass is 35.5. The molecule has 1 aromatic rings. The molecule has 0 saturated carbocycles. The lowest BCUT2D eigenvalue weighted by atomic mass is 10.1. The molecule has 1 aromatic carbocycles. The fraction of sp³-hybridized carbons (Fsp3) is 0.500. The third-order valence-electron chi connectivity index (χ3n) is 3.32. The van der Waals surface area contributed by atoms with Gasteiger partial charge in [0.1, 0.15) is 6.61 Å². The minimum Gasteiger partial charge on any atom is -0.493 e. The van der Waals surface area contributed by atoms with E-state index in [9.17, 15) is 4.79 Å². The SMILES string of the molecule is COc1cc(C(=O)O)cc(Cl)c1OCC1CCCCN1. The Hall–Kier alpha value is -1.46. The van der Waals surface area contributed by atoms with E-state index in [2.05, 4.69) is 5.32 Å². The van der Waals surface area contributed by atoms with Crippen LogP contribution in [0, 0.1) is 0 Å². The van der Waals surface area contributed by atoms with E-state index in [1.807, 2.05) is 0 Å². The Bertz CT molecular complexity index is 486. The molecule has 2 rings (SSSR count). The number of hydrogen-bond donors (Lipinski definition) is 2. The van der Waals surface area contributed by atoms with Crippen LogP contribution in [0.2, 0.25) is 5.02 Å². The first-order valence-corrected chi connectivity index (χ1v) is 6.96. The largest absolute Gasteiger partial charge is 0.493 e. The molecule has 1 aliphatic heterocycles. The molecular formula is C14H18ClNO4. The summed E-state index contributed by atoms with van der Waals surface area (Å²) in [4.78, 5) is 11.0. The lowest BCUT2D eigenvalue weighted by molar-refractivity contribution is 0.0696. The molecule has 5 nitrogen and oxygen atoms in total. The van der Waals surface area contributed by atoms with Gasteiger partial charge in [-0.25, -0.2) is 4.79 Å². The molecule has 2 N–H and O–H groups in total. The molecule has 0 spiro atoms. The molecule has 0 aromatic heterocycles. The number of carboxylic acid groups (broad SMARTS) is 1. The second-order valence-electron chi connectivity index (χ2n) is 4.75. The van der Waals surface area contributed by atoms with E-state index in [0.29, 0.717) is 24.1 Å². The number of ether oxygens (including phenoxy) is 2. The lowest BCUT2D eigenvalue weighted by Crippen LogP contribution is -2.38. The molecule has 0 bridgehead atoms. The van der Waals surface area contributed by atoms with E-state index in [1.54, 1.807) is 0 Å². The molecule has 0 amide bonds. The van der Waals surface area contributed by atoms with E-state index in [0.717, 1.165) is 13.0 Å². The van der Waals surface area contributed by atoms with Crippen molar-refractivity contribution < 1.29 is 19.4 Å². The second-order valence-corrected chi connectivity index (χ2v) is 5.16. The van der Waals surface area contributed by atoms with E-state index in [4.69, 9.17) is 26.2 Å². The van der Waals surface area contributed by atoms with Crippen molar-refractivity contribution in [3.8, 4) is 11.5 Å². The Kier molecular flexibility index (Phi) is 5.09. The molecular weight excluding hydrogens is 282 g/mol. The van der Waals surface area contributed by atoms with Gasteiger partial charge in [-0.05, 0) is 31.5 Å². The van der Waals surface area contributed by atoms with Crippen LogP contribution in [0.4, 0.5) is 0 Å². The second kappa shape index (κ2) is 6.81. The van der Waals surface area contributed by atoms with Crippen LogP contribution in [0.15, 0.2) is 12.1 Å². The number of carboxylic acids is 1. The van der Waals surface area contributed by atoms with Crippen molar-refractivity contribution in [2.75, 3.05) is 20.3 Å². The summed E-state index contributed by atoms with van der Waals surface area (Å²) >= 11 is 6.09. The van der Waals surface area contributed by atoms with Gasteiger partial charge in [-0.2, -0.15) is 0 Å². The van der Waals surface area contributed by atoms with Crippen LogP contribution in [0.3, 0.4) is 0 Å². The Morgan fingerprint density at radius 3 is 2.90 bits per heavy atom. The first-order chi connectivity index (χ1) is 9.61. The zero-order chi connectivity index (χ0) is 14.5. The van der Waals surface area contributed by atoms with Gasteiger partial charge in [0.15, 0.2) is 11.5 Å². The van der Waals surface area contributed by atoms with Gasteiger partial charge in [-0.3, -0.25) is 0 Å². The number of methoxy groups -OCH3 is 1. The number of benzene rings is 1. The Balaban J connectivity index is 2.11. The van der Waals surface area contributed by atoms with E-state index < -0.39 is 5.97 Å². The quantitative estimate of drug-likeness (QED) is 0.874. The van der Waals surface area contributed by atoms with Crippen molar-refractivity contribution >= 4 is 17.6 Å². The monoisotopic (exact) mass is 299 g/mol. The Morgan fingerprint density at radius 2 is 2.30 bits per heavy atom. The maximum Gasteiger partial charge on any atom is 0.335 e. The zero-order valence-corrected chi connectivity index (χ0v) is 12.1. The summed E-state index contributed by atoms with van der Waals surface area (Å²) in [5, 5.41) is 12.6. The van der Waals surface area contributed by atoms with E-state index >= 15 is 0 Å². The summed E-state index contributed by atoms with van der Waals surface area (Å²) in [6.07, 6.45) is 3.44. The first-order valence-electron chi connectivity index (χ1n) is 6.59. The predicted molar refractivity (Wildman–Crippen MR) is 76.1 cm³/mol. The highest BCUT2D eigenvalue weighted by Gasteiger charge is 2.18. The van der Waals surface area contributed by atoms with Crippen LogP contribution in [0.25, 0.3) is 0 Å². The average Bonchev–Trinajstić information content (AvgIpc) is 2.46. The van der Waals surface area contributed by atoms with Gasteiger partial charge in [0.2, 0.25) is 0 Å². The zero-order valence-electron chi connectivity index (χ0n) is 11.3. The fourth-order valence-electron chi connectivity index (χ4n) is 2.23. The third-order valence-corrected chi connectivity index (χ3v) is 3.60. The van der Waals surface area contributed by atoms with Gasteiger partial charge >= 0.3 is 5.97 Å². The minimum atomic E-state index is -1.05.